The minimum atomic E-state index is -4.54. The Morgan fingerprint density at radius 2 is 0.833 bits per heavy atom. The van der Waals surface area contributed by atoms with Crippen molar-refractivity contribution < 1.29 is 36.2 Å². The second-order valence-corrected chi connectivity index (χ2v) is 13.4. The number of rotatable bonds is 7. The van der Waals surface area contributed by atoms with Crippen LogP contribution in [0.5, 0.6) is 11.5 Å². The Bertz CT molecular complexity index is 2360. The van der Waals surface area contributed by atoms with Gasteiger partial charge in [-0.15, -0.1) is 10.2 Å². The van der Waals surface area contributed by atoms with Crippen LogP contribution in [0.25, 0.3) is 32.7 Å². The smallest absolute Gasteiger partial charge is 0.294 e. The summed E-state index contributed by atoms with van der Waals surface area (Å²) in [5.74, 6) is -0.875. The fourth-order valence-corrected chi connectivity index (χ4v) is 6.07. The van der Waals surface area contributed by atoms with Crippen LogP contribution in [0.3, 0.4) is 0 Å². The fourth-order valence-electron chi connectivity index (χ4n) is 5.00. The van der Waals surface area contributed by atoms with Crippen LogP contribution in [0.4, 0.5) is 34.1 Å². The number of nitrogen functional groups attached to an aromatic ring is 2. The summed E-state index contributed by atoms with van der Waals surface area (Å²) < 4.78 is 64.9. The number of benzene rings is 6. The zero-order chi connectivity index (χ0) is 34.4. The van der Waals surface area contributed by atoms with Gasteiger partial charge >= 0.3 is 0 Å². The van der Waals surface area contributed by atoms with Gasteiger partial charge in [0.1, 0.15) is 22.9 Å². The molecular weight excluding hydrogens is 661 g/mol. The molecule has 0 aromatic heterocycles. The number of anilines is 2. The van der Waals surface area contributed by atoms with Crippen LogP contribution in [0.1, 0.15) is 0 Å². The van der Waals surface area contributed by atoms with Crippen LogP contribution in [0.2, 0.25) is 0 Å². The van der Waals surface area contributed by atoms with Gasteiger partial charge in [-0.05, 0) is 70.4 Å². The first-order chi connectivity index (χ1) is 22.7. The van der Waals surface area contributed by atoms with Gasteiger partial charge in [-0.1, -0.05) is 36.4 Å². The van der Waals surface area contributed by atoms with Crippen LogP contribution in [-0.4, -0.2) is 36.2 Å². The largest absolute Gasteiger partial charge is 0.507 e. The lowest BCUT2D eigenvalue weighted by atomic mass is 10.1. The number of fused-ring (bicyclic) bond motifs is 2. The van der Waals surface area contributed by atoms with Crippen molar-refractivity contribution in [1.29, 1.82) is 0 Å². The number of azo groups is 2. The Balaban J connectivity index is 1.22. The lowest BCUT2D eigenvalue weighted by molar-refractivity contribution is 0.470. The van der Waals surface area contributed by atoms with E-state index in [1.54, 1.807) is 24.3 Å². The van der Waals surface area contributed by atoms with E-state index in [-0.39, 0.29) is 44.3 Å². The standard InChI is InChI=1S/C32H24N6O8S2/c33-25-11-5-19-13-23(47(41,42)43)15-27(39)29(19)31(25)37-35-21-7-1-17(2-8-21)18-3-9-22(10-4-18)36-38-32-26(34)12-6-20-14-24(48(44,45)46)16-28(40)30(20)32/h1-16,39-40H,33-34H2,(H,41,42,43)(H,44,45,46). The maximum atomic E-state index is 11.6. The summed E-state index contributed by atoms with van der Waals surface area (Å²) >= 11 is 0. The third-order valence-electron chi connectivity index (χ3n) is 7.34. The minimum Gasteiger partial charge on any atom is -0.507 e. The van der Waals surface area contributed by atoms with Crippen LogP contribution < -0.4 is 11.5 Å². The van der Waals surface area contributed by atoms with Crippen molar-refractivity contribution in [3.05, 3.63) is 97.1 Å². The average molecular weight is 685 g/mol. The van der Waals surface area contributed by atoms with Gasteiger partial charge in [-0.25, -0.2) is 0 Å². The van der Waals surface area contributed by atoms with E-state index in [2.05, 4.69) is 20.5 Å². The number of phenolic OH excluding ortho intramolecular Hbond substituents is 2. The molecule has 0 spiro atoms. The van der Waals surface area contributed by atoms with E-state index in [1.807, 2.05) is 24.3 Å². The second-order valence-electron chi connectivity index (χ2n) is 10.5. The molecule has 0 amide bonds. The molecule has 0 saturated carbocycles. The highest BCUT2D eigenvalue weighted by Gasteiger charge is 2.18. The summed E-state index contributed by atoms with van der Waals surface area (Å²) in [4.78, 5) is -0.943. The van der Waals surface area contributed by atoms with E-state index in [9.17, 15) is 36.2 Å². The lowest BCUT2D eigenvalue weighted by Crippen LogP contribution is -1.98. The highest BCUT2D eigenvalue weighted by molar-refractivity contribution is 7.86. The Morgan fingerprint density at radius 1 is 0.479 bits per heavy atom. The van der Waals surface area contributed by atoms with Gasteiger partial charge in [0.25, 0.3) is 20.2 Å². The summed E-state index contributed by atoms with van der Waals surface area (Å²) in [6, 6.07) is 24.3. The quantitative estimate of drug-likeness (QED) is 0.0546. The number of aromatic hydroxyl groups is 2. The number of nitrogens with two attached hydrogens (primary N) is 2. The molecule has 242 valence electrons. The zero-order valence-electron chi connectivity index (χ0n) is 24.4. The normalized spacial score (nSPS) is 12.5. The molecule has 0 aliphatic carbocycles. The lowest BCUT2D eigenvalue weighted by Gasteiger charge is -2.09. The van der Waals surface area contributed by atoms with E-state index >= 15 is 0 Å². The van der Waals surface area contributed by atoms with Gasteiger partial charge in [-0.3, -0.25) is 9.11 Å². The first-order valence-electron chi connectivity index (χ1n) is 13.8. The molecule has 8 N–H and O–H groups in total. The van der Waals surface area contributed by atoms with Crippen LogP contribution >= 0.6 is 0 Å². The Kier molecular flexibility index (Phi) is 8.01. The minimum absolute atomic E-state index is 0.129. The Hall–Kier alpha value is -5.94. The van der Waals surface area contributed by atoms with Gasteiger partial charge in [0.05, 0.1) is 43.3 Å². The van der Waals surface area contributed by atoms with Gasteiger partial charge < -0.3 is 21.7 Å². The molecule has 0 saturated heterocycles. The van der Waals surface area contributed by atoms with Crippen molar-refractivity contribution in [3.63, 3.8) is 0 Å². The number of nitrogens with zero attached hydrogens (tertiary/aromatic N) is 4. The molecule has 0 heterocycles. The summed E-state index contributed by atoms with van der Waals surface area (Å²) in [7, 11) is -9.09. The monoisotopic (exact) mass is 684 g/mol. The average Bonchev–Trinajstić information content (AvgIpc) is 3.03. The van der Waals surface area contributed by atoms with E-state index in [4.69, 9.17) is 11.5 Å². The van der Waals surface area contributed by atoms with Crippen molar-refractivity contribution in [2.24, 2.45) is 20.5 Å². The maximum absolute atomic E-state index is 11.6. The molecule has 6 rings (SSSR count). The molecule has 6 aromatic carbocycles. The summed E-state index contributed by atoms with van der Waals surface area (Å²) in [5.41, 5.74) is 15.4. The van der Waals surface area contributed by atoms with Crippen molar-refractivity contribution in [1.82, 2.24) is 0 Å². The fraction of sp³-hybridized carbons (Fsp3) is 0. The topological polar surface area (TPSA) is 251 Å². The molecule has 0 bridgehead atoms. The molecule has 0 aliphatic rings. The van der Waals surface area contributed by atoms with E-state index in [1.165, 1.54) is 36.4 Å². The highest BCUT2D eigenvalue weighted by Crippen LogP contribution is 2.42. The molecule has 0 aliphatic heterocycles. The SMILES string of the molecule is Nc1ccc2cc(S(=O)(=O)O)cc(O)c2c1N=Nc1ccc(-c2ccc(N=Nc3c(N)ccc4cc(S(=O)(=O)O)cc(O)c34)cc2)cc1. The van der Waals surface area contributed by atoms with Crippen LogP contribution in [-0.2, 0) is 20.2 Å². The van der Waals surface area contributed by atoms with E-state index in [0.717, 1.165) is 23.3 Å². The number of phenols is 2. The predicted octanol–water partition coefficient (Wildman–Crippen LogP) is 7.56. The zero-order valence-corrected chi connectivity index (χ0v) is 26.1. The van der Waals surface area contributed by atoms with Crippen molar-refractivity contribution >= 4 is 75.9 Å². The number of hydrogen-bond donors (Lipinski definition) is 6. The predicted molar refractivity (Wildman–Crippen MR) is 180 cm³/mol. The van der Waals surface area contributed by atoms with E-state index < -0.39 is 41.5 Å². The summed E-state index contributed by atoms with van der Waals surface area (Å²) in [6.45, 7) is 0. The molecule has 14 nitrogen and oxygen atoms in total. The van der Waals surface area contributed by atoms with Crippen LogP contribution in [0, 0.1) is 0 Å². The second kappa shape index (κ2) is 12.0. The number of hydrogen-bond acceptors (Lipinski definition) is 12. The molecule has 0 atom stereocenters. The van der Waals surface area contributed by atoms with Gasteiger partial charge in [-0.2, -0.15) is 27.1 Å². The summed E-state index contributed by atoms with van der Waals surface area (Å²) in [6.07, 6.45) is 0. The third-order valence-corrected chi connectivity index (χ3v) is 9.01. The van der Waals surface area contributed by atoms with Gasteiger partial charge in [0.2, 0.25) is 0 Å². The maximum Gasteiger partial charge on any atom is 0.294 e. The Morgan fingerprint density at radius 3 is 1.17 bits per heavy atom. The van der Waals surface area contributed by atoms with Gasteiger partial charge in [0.15, 0.2) is 0 Å². The molecule has 0 unspecified atom stereocenters. The molecule has 48 heavy (non-hydrogen) atoms. The molecular formula is C32H24N6O8S2. The first-order valence-corrected chi connectivity index (χ1v) is 16.7. The third kappa shape index (κ3) is 6.36. The van der Waals surface area contributed by atoms with Gasteiger partial charge in [0, 0.05) is 12.1 Å². The first kappa shape index (κ1) is 32.0. The molecule has 6 aromatic rings. The van der Waals surface area contributed by atoms with Crippen molar-refractivity contribution in [2.75, 3.05) is 11.5 Å². The molecule has 0 fully saturated rings. The molecule has 16 heteroatoms. The molecule has 0 radical (unpaired) electrons. The van der Waals surface area contributed by atoms with Crippen molar-refractivity contribution in [2.45, 2.75) is 9.79 Å². The highest BCUT2D eigenvalue weighted by atomic mass is 32.2. The van der Waals surface area contributed by atoms with E-state index in [0.29, 0.717) is 11.4 Å². The van der Waals surface area contributed by atoms with Crippen LogP contribution in [0.15, 0.2) is 127 Å². The van der Waals surface area contributed by atoms with Crippen molar-refractivity contribution in [3.8, 4) is 22.6 Å². The summed E-state index contributed by atoms with van der Waals surface area (Å²) in [5, 5.41) is 38.8. The Labute approximate surface area is 272 Å².